The fraction of sp³-hybridized carbons (Fsp3) is 0.826. The molecule has 5 heteroatoms. The normalized spacial score (nSPS) is 52.8. The van der Waals surface area contributed by atoms with Crippen molar-refractivity contribution in [1.82, 2.24) is 0 Å². The zero-order valence-electron chi connectivity index (χ0n) is 16.7. The van der Waals surface area contributed by atoms with Gasteiger partial charge in [0, 0.05) is 17.8 Å². The molecule has 4 fully saturated rings. The molecule has 5 aliphatic rings. The maximum atomic E-state index is 12.1. The van der Waals surface area contributed by atoms with Gasteiger partial charge in [0.25, 0.3) is 0 Å². The Bertz CT molecular complexity index is 731. The van der Waals surface area contributed by atoms with E-state index in [-0.39, 0.29) is 52.9 Å². The Morgan fingerprint density at radius 1 is 1.07 bits per heavy atom. The Labute approximate surface area is 166 Å². The summed E-state index contributed by atoms with van der Waals surface area (Å²) in [7, 11) is 0. The molecular weight excluding hydrogens is 356 g/mol. The standard InChI is InChI=1S/C23H32O5/c1-21-7-5-18-19(3-2-15-11-16(25)4-8-22(15,18)13-24)23(21,27)9-6-17(21)14-10-20(26)28-12-14/h4,8,14-15,17-19,24,27H,2-3,5-7,9-13H2,1H3/t14-,15+,17+,18-,19+,21+,22+,23-/m0/s1. The molecule has 5 rings (SSSR count). The van der Waals surface area contributed by atoms with Crippen molar-refractivity contribution in [2.45, 2.75) is 63.9 Å². The van der Waals surface area contributed by atoms with Crippen LogP contribution in [-0.2, 0) is 14.3 Å². The molecule has 154 valence electrons. The molecule has 0 aromatic rings. The van der Waals surface area contributed by atoms with Gasteiger partial charge in [-0.2, -0.15) is 0 Å². The number of ketones is 1. The summed E-state index contributed by atoms with van der Waals surface area (Å²) < 4.78 is 5.26. The van der Waals surface area contributed by atoms with Crippen molar-refractivity contribution in [1.29, 1.82) is 0 Å². The van der Waals surface area contributed by atoms with E-state index in [0.29, 0.717) is 25.4 Å². The number of aliphatic hydroxyl groups is 2. The lowest BCUT2D eigenvalue weighted by Crippen LogP contribution is -2.63. The van der Waals surface area contributed by atoms with Crippen LogP contribution in [0.5, 0.6) is 0 Å². The van der Waals surface area contributed by atoms with Crippen LogP contribution in [0.3, 0.4) is 0 Å². The molecule has 1 aliphatic heterocycles. The van der Waals surface area contributed by atoms with Crippen LogP contribution < -0.4 is 0 Å². The second-order valence-electron chi connectivity index (χ2n) is 10.4. The summed E-state index contributed by atoms with van der Waals surface area (Å²) in [6, 6.07) is 0. The fourth-order valence-corrected chi connectivity index (χ4v) is 8.29. The van der Waals surface area contributed by atoms with Crippen LogP contribution in [0, 0.1) is 40.4 Å². The van der Waals surface area contributed by atoms with Crippen molar-refractivity contribution in [3.05, 3.63) is 12.2 Å². The van der Waals surface area contributed by atoms with Gasteiger partial charge in [0.15, 0.2) is 5.78 Å². The minimum Gasteiger partial charge on any atom is -0.465 e. The van der Waals surface area contributed by atoms with Crippen LogP contribution >= 0.6 is 0 Å². The van der Waals surface area contributed by atoms with Crippen molar-refractivity contribution in [2.75, 3.05) is 13.2 Å². The van der Waals surface area contributed by atoms with Gasteiger partial charge >= 0.3 is 5.97 Å². The molecule has 4 aliphatic carbocycles. The predicted octanol–water partition coefficient (Wildman–Crippen LogP) is 2.64. The molecule has 0 radical (unpaired) electrons. The van der Waals surface area contributed by atoms with Gasteiger partial charge in [-0.05, 0) is 73.7 Å². The van der Waals surface area contributed by atoms with Crippen molar-refractivity contribution < 1.29 is 24.5 Å². The van der Waals surface area contributed by atoms with Gasteiger partial charge in [-0.25, -0.2) is 0 Å². The number of cyclic esters (lactones) is 1. The molecule has 1 saturated heterocycles. The molecule has 0 spiro atoms. The Hall–Kier alpha value is -1.20. The van der Waals surface area contributed by atoms with Crippen molar-refractivity contribution in [3.8, 4) is 0 Å². The molecule has 0 amide bonds. The largest absolute Gasteiger partial charge is 0.465 e. The van der Waals surface area contributed by atoms with Gasteiger partial charge in [-0.1, -0.05) is 13.0 Å². The summed E-state index contributed by atoms with van der Waals surface area (Å²) in [4.78, 5) is 23.7. The molecule has 0 bridgehead atoms. The van der Waals surface area contributed by atoms with E-state index in [0.717, 1.165) is 38.5 Å². The van der Waals surface area contributed by atoms with Crippen molar-refractivity contribution in [3.63, 3.8) is 0 Å². The average molecular weight is 389 g/mol. The van der Waals surface area contributed by atoms with E-state index < -0.39 is 5.60 Å². The van der Waals surface area contributed by atoms with Crippen LogP contribution in [-0.4, -0.2) is 40.8 Å². The molecule has 5 nitrogen and oxygen atoms in total. The minimum atomic E-state index is -0.755. The number of aliphatic hydroxyl groups excluding tert-OH is 1. The number of carbonyl (C=O) groups excluding carboxylic acids is 2. The third kappa shape index (κ3) is 2.26. The van der Waals surface area contributed by atoms with Crippen LogP contribution in [0.25, 0.3) is 0 Å². The fourth-order valence-electron chi connectivity index (χ4n) is 8.29. The third-order valence-electron chi connectivity index (χ3n) is 9.75. The van der Waals surface area contributed by atoms with Crippen LogP contribution in [0.2, 0.25) is 0 Å². The summed E-state index contributed by atoms with van der Waals surface area (Å²) in [5.41, 5.74) is -1.32. The van der Waals surface area contributed by atoms with E-state index in [2.05, 4.69) is 6.92 Å². The third-order valence-corrected chi connectivity index (χ3v) is 9.75. The maximum Gasteiger partial charge on any atom is 0.306 e. The molecule has 1 heterocycles. The number of hydrogen-bond donors (Lipinski definition) is 2. The Morgan fingerprint density at radius 3 is 2.57 bits per heavy atom. The van der Waals surface area contributed by atoms with Gasteiger partial charge in [0.05, 0.1) is 25.2 Å². The van der Waals surface area contributed by atoms with Crippen LogP contribution in [0.1, 0.15) is 58.3 Å². The highest BCUT2D eigenvalue weighted by Crippen LogP contribution is 2.69. The molecule has 0 unspecified atom stereocenters. The highest BCUT2D eigenvalue weighted by molar-refractivity contribution is 5.91. The number of rotatable bonds is 2. The van der Waals surface area contributed by atoms with Crippen LogP contribution in [0.15, 0.2) is 12.2 Å². The molecule has 28 heavy (non-hydrogen) atoms. The lowest BCUT2D eigenvalue weighted by molar-refractivity contribution is -0.205. The summed E-state index contributed by atoms with van der Waals surface area (Å²) in [6.45, 7) is 2.79. The minimum absolute atomic E-state index is 0.0593. The van der Waals surface area contributed by atoms with Gasteiger partial charge in [-0.3, -0.25) is 9.59 Å². The first-order valence-corrected chi connectivity index (χ1v) is 11.0. The van der Waals surface area contributed by atoms with Crippen molar-refractivity contribution >= 4 is 11.8 Å². The topological polar surface area (TPSA) is 83.8 Å². The summed E-state index contributed by atoms with van der Waals surface area (Å²) in [6.07, 6.45) is 10.1. The molecule has 0 aromatic carbocycles. The summed E-state index contributed by atoms with van der Waals surface area (Å²) in [5.74, 6) is 1.17. The lowest BCUT2D eigenvalue weighted by atomic mass is 9.43. The van der Waals surface area contributed by atoms with Crippen molar-refractivity contribution in [2.24, 2.45) is 40.4 Å². The van der Waals surface area contributed by atoms with Crippen LogP contribution in [0.4, 0.5) is 0 Å². The number of fused-ring (bicyclic) bond motifs is 5. The maximum absolute atomic E-state index is 12.1. The Kier molecular flexibility index (Phi) is 4.13. The summed E-state index contributed by atoms with van der Waals surface area (Å²) >= 11 is 0. The second-order valence-corrected chi connectivity index (χ2v) is 10.4. The van der Waals surface area contributed by atoms with E-state index in [1.807, 2.05) is 6.08 Å². The molecule has 2 N–H and O–H groups in total. The van der Waals surface area contributed by atoms with E-state index in [9.17, 15) is 19.8 Å². The molecule has 0 aromatic heterocycles. The number of ether oxygens (including phenoxy) is 1. The Morgan fingerprint density at radius 2 is 1.86 bits per heavy atom. The van der Waals surface area contributed by atoms with E-state index in [4.69, 9.17) is 4.74 Å². The number of esters is 1. The number of allylic oxidation sites excluding steroid dienone is 1. The highest BCUT2D eigenvalue weighted by Gasteiger charge is 2.68. The monoisotopic (exact) mass is 388 g/mol. The quantitative estimate of drug-likeness (QED) is 0.711. The first-order chi connectivity index (χ1) is 13.3. The van der Waals surface area contributed by atoms with Gasteiger partial charge in [0.2, 0.25) is 0 Å². The van der Waals surface area contributed by atoms with Gasteiger partial charge in [-0.15, -0.1) is 0 Å². The highest BCUT2D eigenvalue weighted by atomic mass is 16.5. The number of hydrogen-bond acceptors (Lipinski definition) is 5. The predicted molar refractivity (Wildman–Crippen MR) is 102 cm³/mol. The van der Waals surface area contributed by atoms with E-state index in [1.54, 1.807) is 6.08 Å². The van der Waals surface area contributed by atoms with Gasteiger partial charge in [0.1, 0.15) is 0 Å². The SMILES string of the molecule is C[C@]12CC[C@H]3[C@@H](CC[C@@H]4CC(=O)C=C[C@@]43CO)[C@@]1(O)CC[C@@H]2[C@@H]1COC(=O)C1. The molecule has 3 saturated carbocycles. The first kappa shape index (κ1) is 18.8. The average Bonchev–Trinajstić information content (AvgIpc) is 3.22. The van der Waals surface area contributed by atoms with E-state index in [1.165, 1.54) is 0 Å². The zero-order valence-corrected chi connectivity index (χ0v) is 16.7. The van der Waals surface area contributed by atoms with Gasteiger partial charge < -0.3 is 14.9 Å². The number of carbonyl (C=O) groups is 2. The first-order valence-electron chi connectivity index (χ1n) is 11.0. The molecular formula is C23H32O5. The zero-order chi connectivity index (χ0) is 19.7. The van der Waals surface area contributed by atoms with E-state index >= 15 is 0 Å². The second kappa shape index (κ2) is 6.15. The summed E-state index contributed by atoms with van der Waals surface area (Å²) in [5, 5.41) is 22.6. The smallest absolute Gasteiger partial charge is 0.306 e. The lowest BCUT2D eigenvalue weighted by Gasteiger charge is -2.62. The molecule has 8 atom stereocenters. The Balaban J connectivity index is 1.49.